The van der Waals surface area contributed by atoms with E-state index in [0.29, 0.717) is 5.92 Å². The van der Waals surface area contributed by atoms with E-state index < -0.39 is 0 Å². The molecule has 0 saturated heterocycles. The van der Waals surface area contributed by atoms with Crippen LogP contribution in [0, 0.1) is 5.92 Å². The minimum atomic E-state index is 0.526. The Kier molecular flexibility index (Phi) is 6.45. The summed E-state index contributed by atoms with van der Waals surface area (Å²) in [6, 6.07) is 0. The van der Waals surface area contributed by atoms with E-state index in [4.69, 9.17) is 9.72 Å². The molecule has 1 saturated carbocycles. The van der Waals surface area contributed by atoms with Crippen LogP contribution in [0.1, 0.15) is 49.6 Å². The fraction of sp³-hybridized carbons (Fsp3) is 0.812. The Balaban J connectivity index is 1.90. The normalized spacial score (nSPS) is 16.2. The van der Waals surface area contributed by atoms with Gasteiger partial charge in [0.25, 0.3) is 0 Å². The third-order valence-electron chi connectivity index (χ3n) is 4.08. The maximum absolute atomic E-state index is 5.73. The molecule has 5 heteroatoms. The largest absolute Gasteiger partial charge is 0.379 e. The third kappa shape index (κ3) is 4.94. The smallest absolute Gasteiger partial charge is 0.185 e. The molecule has 120 valence electrons. The number of nitrogens with one attached hydrogen (secondary N) is 1. The molecule has 21 heavy (non-hydrogen) atoms. The van der Waals surface area contributed by atoms with Gasteiger partial charge in [-0.15, -0.1) is 11.3 Å². The lowest BCUT2D eigenvalue weighted by Gasteiger charge is -2.15. The number of hydrogen-bond acceptors (Lipinski definition) is 5. The van der Waals surface area contributed by atoms with Crippen LogP contribution in [0.2, 0.25) is 0 Å². The summed E-state index contributed by atoms with van der Waals surface area (Å²) in [5.74, 6) is 1.37. The highest BCUT2D eigenvalue weighted by atomic mass is 32.1. The molecular weight excluding hydrogens is 282 g/mol. The highest BCUT2D eigenvalue weighted by molar-refractivity contribution is 7.15. The van der Waals surface area contributed by atoms with Crippen LogP contribution in [0.5, 0.6) is 0 Å². The van der Waals surface area contributed by atoms with E-state index >= 15 is 0 Å². The number of anilines is 1. The lowest BCUT2D eigenvalue weighted by Crippen LogP contribution is -2.22. The number of rotatable bonds is 10. The zero-order valence-corrected chi connectivity index (χ0v) is 14.6. The lowest BCUT2D eigenvalue weighted by molar-refractivity contribution is 0.131. The van der Waals surface area contributed by atoms with Crippen LogP contribution in [0.25, 0.3) is 0 Å². The van der Waals surface area contributed by atoms with Gasteiger partial charge in [-0.3, -0.25) is 0 Å². The Morgan fingerprint density at radius 2 is 2.24 bits per heavy atom. The van der Waals surface area contributed by atoms with E-state index in [1.165, 1.54) is 23.4 Å². The number of thiazole rings is 1. The molecule has 1 aliphatic rings. The average molecular weight is 311 g/mol. The van der Waals surface area contributed by atoms with Crippen molar-refractivity contribution in [1.82, 2.24) is 10.3 Å². The lowest BCUT2D eigenvalue weighted by atomic mass is 10.0. The number of likely N-dealkylation sites (N-methyl/N-ethyl adjacent to an activating group) is 1. The van der Waals surface area contributed by atoms with Crippen LogP contribution in [0.3, 0.4) is 0 Å². The molecule has 0 bridgehead atoms. The fourth-order valence-corrected chi connectivity index (χ4v) is 3.39. The summed E-state index contributed by atoms with van der Waals surface area (Å²) < 4.78 is 5.73. The van der Waals surface area contributed by atoms with Crippen LogP contribution >= 0.6 is 11.3 Å². The van der Waals surface area contributed by atoms with Crippen LogP contribution in [-0.2, 0) is 11.3 Å². The quantitative estimate of drug-likeness (QED) is 0.673. The van der Waals surface area contributed by atoms with E-state index in [-0.39, 0.29) is 0 Å². The molecule has 0 spiro atoms. The number of nitrogens with zero attached hydrogens (tertiary/aromatic N) is 2. The van der Waals surface area contributed by atoms with E-state index in [0.717, 1.165) is 43.8 Å². The summed E-state index contributed by atoms with van der Waals surface area (Å²) >= 11 is 1.81. The van der Waals surface area contributed by atoms with Gasteiger partial charge >= 0.3 is 0 Å². The molecule has 0 amide bonds. The molecule has 1 fully saturated rings. The Bertz CT molecular complexity index is 431. The molecule has 1 aromatic heterocycles. The van der Waals surface area contributed by atoms with Crippen LogP contribution < -0.4 is 10.2 Å². The Labute approximate surface area is 132 Å². The molecule has 4 nitrogen and oxygen atoms in total. The van der Waals surface area contributed by atoms with Crippen LogP contribution in [0.4, 0.5) is 5.13 Å². The molecule has 0 aliphatic heterocycles. The fourth-order valence-electron chi connectivity index (χ4n) is 2.21. The molecule has 1 aromatic rings. The molecule has 1 heterocycles. The van der Waals surface area contributed by atoms with Crippen LogP contribution in [-0.4, -0.2) is 38.8 Å². The van der Waals surface area contributed by atoms with Gasteiger partial charge in [0.05, 0.1) is 12.3 Å². The van der Waals surface area contributed by atoms with E-state index in [1.54, 1.807) is 0 Å². The maximum Gasteiger partial charge on any atom is 0.185 e. The molecule has 2 rings (SSSR count). The number of hydrogen-bond donors (Lipinski definition) is 1. The molecule has 1 N–H and O–H groups in total. The summed E-state index contributed by atoms with van der Waals surface area (Å²) in [7, 11) is 4.11. The SMILES string of the molecule is CCC(C)c1nc(N(C)CCOCC2CC2)sc1CNC. The average Bonchev–Trinajstić information content (AvgIpc) is 3.22. The van der Waals surface area contributed by atoms with Crippen molar-refractivity contribution in [1.29, 1.82) is 0 Å². The van der Waals surface area contributed by atoms with Crippen LogP contribution in [0.15, 0.2) is 0 Å². The molecule has 1 aliphatic carbocycles. The predicted octanol–water partition coefficient (Wildman–Crippen LogP) is 3.24. The van der Waals surface area contributed by atoms with Crippen molar-refractivity contribution in [2.24, 2.45) is 5.92 Å². The zero-order valence-electron chi connectivity index (χ0n) is 13.8. The van der Waals surface area contributed by atoms with E-state index in [9.17, 15) is 0 Å². The van der Waals surface area contributed by atoms with Gasteiger partial charge in [0.2, 0.25) is 0 Å². The van der Waals surface area contributed by atoms with Gasteiger partial charge in [-0.1, -0.05) is 13.8 Å². The van der Waals surface area contributed by atoms with Gasteiger partial charge < -0.3 is 15.0 Å². The van der Waals surface area contributed by atoms with Gasteiger partial charge in [-0.25, -0.2) is 4.98 Å². The van der Waals surface area contributed by atoms with Gasteiger partial charge in [-0.2, -0.15) is 0 Å². The van der Waals surface area contributed by atoms with Gasteiger partial charge in [-0.05, 0) is 38.1 Å². The van der Waals surface area contributed by atoms with Crippen molar-refractivity contribution < 1.29 is 4.74 Å². The van der Waals surface area contributed by atoms with Gasteiger partial charge in [0, 0.05) is 31.6 Å². The highest BCUT2D eigenvalue weighted by Crippen LogP contribution is 2.32. The minimum absolute atomic E-state index is 0.526. The second kappa shape index (κ2) is 8.11. The van der Waals surface area contributed by atoms with Crippen molar-refractivity contribution >= 4 is 16.5 Å². The summed E-state index contributed by atoms with van der Waals surface area (Å²) in [4.78, 5) is 8.47. The van der Waals surface area contributed by atoms with Crippen molar-refractivity contribution in [3.8, 4) is 0 Å². The van der Waals surface area contributed by atoms with E-state index in [1.807, 2.05) is 18.4 Å². The second-order valence-electron chi connectivity index (χ2n) is 6.08. The third-order valence-corrected chi connectivity index (χ3v) is 5.27. The Morgan fingerprint density at radius 1 is 1.48 bits per heavy atom. The standard InChI is InChI=1S/C16H29N3OS/c1-5-12(2)15-14(10-17-3)21-16(18-15)19(4)8-9-20-11-13-6-7-13/h12-13,17H,5-11H2,1-4H3. The maximum atomic E-state index is 5.73. The predicted molar refractivity (Wildman–Crippen MR) is 90.4 cm³/mol. The van der Waals surface area contributed by atoms with Crippen molar-refractivity contribution in [3.05, 3.63) is 10.6 Å². The molecule has 0 aromatic carbocycles. The van der Waals surface area contributed by atoms with Crippen molar-refractivity contribution in [3.63, 3.8) is 0 Å². The zero-order chi connectivity index (χ0) is 15.2. The van der Waals surface area contributed by atoms with Gasteiger partial charge in [0.1, 0.15) is 0 Å². The summed E-state index contributed by atoms with van der Waals surface area (Å²) in [5, 5.41) is 4.37. The second-order valence-corrected chi connectivity index (χ2v) is 7.15. The topological polar surface area (TPSA) is 37.4 Å². The Hall–Kier alpha value is -0.650. The molecular formula is C16H29N3OS. The first-order valence-corrected chi connectivity index (χ1v) is 8.90. The highest BCUT2D eigenvalue weighted by Gasteiger charge is 2.21. The van der Waals surface area contributed by atoms with Gasteiger partial charge in [0.15, 0.2) is 5.13 Å². The molecule has 1 unspecified atom stereocenters. The minimum Gasteiger partial charge on any atom is -0.379 e. The summed E-state index contributed by atoms with van der Waals surface area (Å²) in [6.07, 6.45) is 3.84. The number of ether oxygens (including phenoxy) is 1. The van der Waals surface area contributed by atoms with Crippen molar-refractivity contribution in [2.75, 3.05) is 38.8 Å². The molecule has 1 atom stereocenters. The first-order valence-electron chi connectivity index (χ1n) is 8.08. The van der Waals surface area contributed by atoms with Crippen molar-refractivity contribution in [2.45, 2.75) is 45.6 Å². The Morgan fingerprint density at radius 3 is 2.86 bits per heavy atom. The monoisotopic (exact) mass is 311 g/mol. The number of aromatic nitrogens is 1. The summed E-state index contributed by atoms with van der Waals surface area (Å²) in [6.45, 7) is 8.04. The molecule has 0 radical (unpaired) electrons. The van der Waals surface area contributed by atoms with E-state index in [2.05, 4.69) is 31.1 Å². The first kappa shape index (κ1) is 16.7. The summed E-state index contributed by atoms with van der Waals surface area (Å²) in [5.41, 5.74) is 1.26. The first-order chi connectivity index (χ1) is 10.2.